The molecule has 0 aliphatic rings. The van der Waals surface area contributed by atoms with Crippen LogP contribution in [-0.2, 0) is 6.54 Å². The minimum absolute atomic E-state index is 0.0671. The summed E-state index contributed by atoms with van der Waals surface area (Å²) in [4.78, 5) is 23.8. The van der Waals surface area contributed by atoms with Crippen molar-refractivity contribution in [3.63, 3.8) is 0 Å². The van der Waals surface area contributed by atoms with Gasteiger partial charge < -0.3 is 14.0 Å². The third kappa shape index (κ3) is 4.19. The van der Waals surface area contributed by atoms with Crippen LogP contribution in [0.3, 0.4) is 0 Å². The largest absolute Gasteiger partial charge is 0.493 e. The first kappa shape index (κ1) is 21.4. The maximum atomic E-state index is 13.0. The second kappa shape index (κ2) is 8.89. The number of hydrogen-bond donors (Lipinski definition) is 0. The smallest absolute Gasteiger partial charge is 0.280 e. The van der Waals surface area contributed by atoms with E-state index in [9.17, 15) is 20.2 Å². The summed E-state index contributed by atoms with van der Waals surface area (Å²) in [5.41, 5.74) is 1.44. The molecule has 0 fully saturated rings. The van der Waals surface area contributed by atoms with E-state index >= 15 is 0 Å². The van der Waals surface area contributed by atoms with Gasteiger partial charge >= 0.3 is 0 Å². The number of allylic oxidation sites excluding steroid dienone is 2. The molecule has 0 aliphatic carbocycles. The van der Waals surface area contributed by atoms with Crippen molar-refractivity contribution in [3.8, 4) is 17.6 Å². The van der Waals surface area contributed by atoms with Crippen molar-refractivity contribution in [2.24, 2.45) is 0 Å². The molecule has 0 spiro atoms. The summed E-state index contributed by atoms with van der Waals surface area (Å²) in [5.74, 6) is -0.0904. The second-order valence-electron chi connectivity index (χ2n) is 6.21. The van der Waals surface area contributed by atoms with Gasteiger partial charge in [-0.15, -0.1) is 6.58 Å². The zero-order valence-corrected chi connectivity index (χ0v) is 16.7. The number of aryl methyl sites for hydroxylation is 1. The van der Waals surface area contributed by atoms with Crippen molar-refractivity contribution >= 4 is 17.5 Å². The van der Waals surface area contributed by atoms with Crippen LogP contribution in [-0.4, -0.2) is 29.5 Å². The van der Waals surface area contributed by atoms with E-state index in [1.165, 1.54) is 32.4 Å². The van der Waals surface area contributed by atoms with Crippen molar-refractivity contribution in [1.82, 2.24) is 4.57 Å². The van der Waals surface area contributed by atoms with Gasteiger partial charge in [-0.1, -0.05) is 6.08 Å². The van der Waals surface area contributed by atoms with Crippen molar-refractivity contribution < 1.29 is 19.2 Å². The minimum Gasteiger partial charge on any atom is -0.493 e. The van der Waals surface area contributed by atoms with Crippen LogP contribution in [0.4, 0.5) is 5.69 Å². The van der Waals surface area contributed by atoms with E-state index in [0.717, 1.165) is 5.69 Å². The number of Topliss-reactive ketones (excluding diaryl/α,β-unsaturated/α-hetero) is 1. The highest BCUT2D eigenvalue weighted by Crippen LogP contribution is 2.35. The van der Waals surface area contributed by atoms with Crippen LogP contribution in [0, 0.1) is 35.3 Å². The van der Waals surface area contributed by atoms with Gasteiger partial charge in [-0.25, -0.2) is 0 Å². The quantitative estimate of drug-likeness (QED) is 0.167. The van der Waals surface area contributed by atoms with Gasteiger partial charge in [-0.05, 0) is 32.1 Å². The molecule has 150 valence electrons. The molecule has 2 aromatic rings. The molecule has 0 saturated heterocycles. The van der Waals surface area contributed by atoms with E-state index in [2.05, 4.69) is 6.58 Å². The molecule has 0 radical (unpaired) electrons. The van der Waals surface area contributed by atoms with Crippen molar-refractivity contribution in [1.29, 1.82) is 5.26 Å². The summed E-state index contributed by atoms with van der Waals surface area (Å²) in [6.45, 7) is 7.85. The van der Waals surface area contributed by atoms with Crippen molar-refractivity contribution in [2.45, 2.75) is 20.4 Å². The van der Waals surface area contributed by atoms with Crippen LogP contribution in [0.1, 0.15) is 27.3 Å². The second-order valence-corrected chi connectivity index (χ2v) is 6.21. The monoisotopic (exact) mass is 395 g/mol. The summed E-state index contributed by atoms with van der Waals surface area (Å²) < 4.78 is 12.2. The van der Waals surface area contributed by atoms with Crippen LogP contribution in [0.5, 0.6) is 11.5 Å². The van der Waals surface area contributed by atoms with Gasteiger partial charge in [-0.2, -0.15) is 5.26 Å². The number of nitriles is 1. The fraction of sp³-hybridized carbons (Fsp3) is 0.238. The predicted molar refractivity (Wildman–Crippen MR) is 108 cm³/mol. The van der Waals surface area contributed by atoms with Crippen molar-refractivity contribution in [2.75, 3.05) is 14.2 Å². The maximum Gasteiger partial charge on any atom is 0.280 e. The van der Waals surface area contributed by atoms with Gasteiger partial charge in [0, 0.05) is 23.5 Å². The molecule has 0 atom stereocenters. The highest BCUT2D eigenvalue weighted by atomic mass is 16.6. The number of nitro benzene ring substituents is 1. The standard InChI is InChI=1S/C21H21N3O5/c1-6-7-23-13(2)8-17(14(23)3)21(25)16(12-22)9-15-10-19(28-4)20(29-5)11-18(15)24(26)27/h6,8-11H,1,7H2,2-5H3. The molecule has 29 heavy (non-hydrogen) atoms. The summed E-state index contributed by atoms with van der Waals surface area (Å²) in [5, 5.41) is 21.0. The number of ether oxygens (including phenoxy) is 2. The van der Waals surface area contributed by atoms with Gasteiger partial charge in [-0.3, -0.25) is 14.9 Å². The number of nitro groups is 1. The third-order valence-corrected chi connectivity index (χ3v) is 4.52. The minimum atomic E-state index is -0.608. The Bertz CT molecular complexity index is 1060. The van der Waals surface area contributed by atoms with E-state index < -0.39 is 10.7 Å². The summed E-state index contributed by atoms with van der Waals surface area (Å²) >= 11 is 0. The Balaban J connectivity index is 2.62. The first-order chi connectivity index (χ1) is 13.8. The number of rotatable bonds is 8. The molecule has 0 bridgehead atoms. The number of ketones is 1. The van der Waals surface area contributed by atoms with E-state index in [1.807, 2.05) is 17.6 Å². The number of hydrogen-bond acceptors (Lipinski definition) is 6. The van der Waals surface area contributed by atoms with E-state index in [-0.39, 0.29) is 28.3 Å². The number of aromatic nitrogens is 1. The Labute approximate surface area is 168 Å². The molecular weight excluding hydrogens is 374 g/mol. The first-order valence-electron chi connectivity index (χ1n) is 8.63. The molecule has 1 heterocycles. The van der Waals surface area contributed by atoms with E-state index in [0.29, 0.717) is 17.8 Å². The number of carbonyl (C=O) groups is 1. The summed E-state index contributed by atoms with van der Waals surface area (Å²) in [6.07, 6.45) is 2.91. The molecule has 1 aromatic carbocycles. The predicted octanol–water partition coefficient (Wildman–Crippen LogP) is 4.01. The van der Waals surface area contributed by atoms with Gasteiger partial charge in [0.05, 0.1) is 30.8 Å². The van der Waals surface area contributed by atoms with Crippen LogP contribution >= 0.6 is 0 Å². The summed E-state index contributed by atoms with van der Waals surface area (Å²) in [7, 11) is 2.75. The molecule has 0 saturated carbocycles. The average molecular weight is 395 g/mol. The number of benzene rings is 1. The van der Waals surface area contributed by atoms with Crippen LogP contribution in [0.25, 0.3) is 6.08 Å². The van der Waals surface area contributed by atoms with E-state index in [4.69, 9.17) is 9.47 Å². The molecule has 0 N–H and O–H groups in total. The number of methoxy groups -OCH3 is 2. The average Bonchev–Trinajstić information content (AvgIpc) is 2.99. The molecule has 2 rings (SSSR count). The van der Waals surface area contributed by atoms with Gasteiger partial charge in [0.1, 0.15) is 11.6 Å². The maximum absolute atomic E-state index is 13.0. The van der Waals surface area contributed by atoms with Crippen LogP contribution in [0.2, 0.25) is 0 Å². The topological polar surface area (TPSA) is 107 Å². The Morgan fingerprint density at radius 3 is 2.41 bits per heavy atom. The molecule has 0 amide bonds. The highest BCUT2D eigenvalue weighted by molar-refractivity contribution is 6.15. The lowest BCUT2D eigenvalue weighted by molar-refractivity contribution is -0.385. The zero-order valence-electron chi connectivity index (χ0n) is 16.7. The molecule has 1 aromatic heterocycles. The normalized spacial score (nSPS) is 10.9. The zero-order chi connectivity index (χ0) is 21.7. The van der Waals surface area contributed by atoms with Gasteiger partial charge in [0.15, 0.2) is 11.5 Å². The fourth-order valence-electron chi connectivity index (χ4n) is 3.05. The van der Waals surface area contributed by atoms with Gasteiger partial charge in [0.2, 0.25) is 5.78 Å². The first-order valence-corrected chi connectivity index (χ1v) is 8.63. The Kier molecular flexibility index (Phi) is 6.57. The Morgan fingerprint density at radius 2 is 1.90 bits per heavy atom. The Morgan fingerprint density at radius 1 is 1.28 bits per heavy atom. The molecule has 8 nitrogen and oxygen atoms in total. The number of carbonyl (C=O) groups excluding carboxylic acids is 1. The molecule has 0 aliphatic heterocycles. The third-order valence-electron chi connectivity index (χ3n) is 4.52. The van der Waals surface area contributed by atoms with E-state index in [1.54, 1.807) is 19.1 Å². The molecule has 0 unspecified atom stereocenters. The summed E-state index contributed by atoms with van der Waals surface area (Å²) in [6, 6.07) is 6.10. The van der Waals surface area contributed by atoms with Gasteiger partial charge in [0.25, 0.3) is 5.69 Å². The molecule has 8 heteroatoms. The highest BCUT2D eigenvalue weighted by Gasteiger charge is 2.23. The lowest BCUT2D eigenvalue weighted by atomic mass is 10.0. The lowest BCUT2D eigenvalue weighted by Crippen LogP contribution is -2.06. The van der Waals surface area contributed by atoms with Crippen molar-refractivity contribution in [3.05, 3.63) is 69.1 Å². The SMILES string of the molecule is C=CCn1c(C)cc(C(=O)C(C#N)=Cc2cc(OC)c(OC)cc2[N+](=O)[O-])c1C. The fourth-order valence-corrected chi connectivity index (χ4v) is 3.05. The lowest BCUT2D eigenvalue weighted by Gasteiger charge is -2.09. The Hall–Kier alpha value is -3.86. The number of nitrogens with zero attached hydrogens (tertiary/aromatic N) is 3. The van der Waals surface area contributed by atoms with Crippen LogP contribution < -0.4 is 9.47 Å². The van der Waals surface area contributed by atoms with Crippen LogP contribution in [0.15, 0.2) is 36.4 Å². The molecular formula is C21H21N3O5.